The third-order valence-corrected chi connectivity index (χ3v) is 4.62. The van der Waals surface area contributed by atoms with Crippen molar-refractivity contribution in [1.82, 2.24) is 20.0 Å². The standard InChI is InChI=1S/C18H23F2N5/c1-21-18(22-8-6-15-16(19)4-3-5-17(15)20)25-9-7-13(12-25)14-10-23-24(2)11-14/h3-5,10-11,13H,6-9,12H2,1-2H3,(H,21,22). The first-order chi connectivity index (χ1) is 12.1. The van der Waals surface area contributed by atoms with E-state index >= 15 is 0 Å². The smallest absolute Gasteiger partial charge is 0.193 e. The fourth-order valence-electron chi connectivity index (χ4n) is 3.28. The SMILES string of the molecule is CN=C(NCCc1c(F)cccc1F)N1CCC(c2cnn(C)c2)C1. The Hall–Kier alpha value is -2.44. The fourth-order valence-corrected chi connectivity index (χ4v) is 3.28. The molecule has 1 saturated heterocycles. The number of halogens is 2. The van der Waals surface area contributed by atoms with Gasteiger partial charge in [-0.15, -0.1) is 0 Å². The van der Waals surface area contributed by atoms with Crippen molar-refractivity contribution < 1.29 is 8.78 Å². The molecule has 25 heavy (non-hydrogen) atoms. The molecule has 5 nitrogen and oxygen atoms in total. The van der Waals surface area contributed by atoms with Gasteiger partial charge in [0.1, 0.15) is 11.6 Å². The average molecular weight is 347 g/mol. The fraction of sp³-hybridized carbons (Fsp3) is 0.444. The highest BCUT2D eigenvalue weighted by atomic mass is 19.1. The molecule has 1 aromatic carbocycles. The average Bonchev–Trinajstić information content (AvgIpc) is 3.23. The van der Waals surface area contributed by atoms with Crippen molar-refractivity contribution in [1.29, 1.82) is 0 Å². The summed E-state index contributed by atoms with van der Waals surface area (Å²) in [4.78, 5) is 6.48. The first-order valence-corrected chi connectivity index (χ1v) is 8.45. The molecule has 1 aromatic heterocycles. The summed E-state index contributed by atoms with van der Waals surface area (Å²) in [6, 6.07) is 3.95. The second-order valence-electron chi connectivity index (χ2n) is 6.30. The van der Waals surface area contributed by atoms with Gasteiger partial charge in [0, 0.05) is 51.4 Å². The summed E-state index contributed by atoms with van der Waals surface area (Å²) in [7, 11) is 3.64. The summed E-state index contributed by atoms with van der Waals surface area (Å²) in [6.07, 6.45) is 5.27. The highest BCUT2D eigenvalue weighted by Crippen LogP contribution is 2.26. The molecule has 1 N–H and O–H groups in total. The molecule has 1 unspecified atom stereocenters. The molecule has 2 aromatic rings. The van der Waals surface area contributed by atoms with Crippen molar-refractivity contribution in [3.63, 3.8) is 0 Å². The Kier molecular flexibility index (Phi) is 5.31. The highest BCUT2D eigenvalue weighted by Gasteiger charge is 2.26. The van der Waals surface area contributed by atoms with E-state index in [1.807, 2.05) is 24.1 Å². The van der Waals surface area contributed by atoms with Crippen LogP contribution in [0.4, 0.5) is 8.78 Å². The van der Waals surface area contributed by atoms with Crippen LogP contribution in [0.1, 0.15) is 23.5 Å². The number of rotatable bonds is 4. The Morgan fingerprint density at radius 2 is 2.12 bits per heavy atom. The van der Waals surface area contributed by atoms with Gasteiger partial charge in [-0.25, -0.2) is 8.78 Å². The van der Waals surface area contributed by atoms with Gasteiger partial charge in [0.15, 0.2) is 5.96 Å². The number of hydrogen-bond acceptors (Lipinski definition) is 2. The van der Waals surface area contributed by atoms with Crippen LogP contribution < -0.4 is 5.32 Å². The van der Waals surface area contributed by atoms with Crippen LogP contribution in [0.2, 0.25) is 0 Å². The first-order valence-electron chi connectivity index (χ1n) is 8.45. The predicted molar refractivity (Wildman–Crippen MR) is 93.6 cm³/mol. The summed E-state index contributed by atoms with van der Waals surface area (Å²) < 4.78 is 29.2. The minimum atomic E-state index is -0.505. The molecule has 0 bridgehead atoms. The Balaban J connectivity index is 1.55. The van der Waals surface area contributed by atoms with Crippen LogP contribution in [-0.4, -0.2) is 47.3 Å². The molecular formula is C18H23F2N5. The van der Waals surface area contributed by atoms with Gasteiger partial charge in [0.25, 0.3) is 0 Å². The molecule has 0 aliphatic carbocycles. The second kappa shape index (κ2) is 7.63. The summed E-state index contributed by atoms with van der Waals surface area (Å²) in [6.45, 7) is 2.19. The van der Waals surface area contributed by atoms with E-state index in [-0.39, 0.29) is 12.0 Å². The van der Waals surface area contributed by atoms with Gasteiger partial charge >= 0.3 is 0 Å². The van der Waals surface area contributed by atoms with Gasteiger partial charge < -0.3 is 10.2 Å². The number of nitrogens with one attached hydrogen (secondary N) is 1. The molecule has 134 valence electrons. The zero-order valence-electron chi connectivity index (χ0n) is 14.5. The number of hydrogen-bond donors (Lipinski definition) is 1. The third kappa shape index (κ3) is 3.97. The lowest BCUT2D eigenvalue weighted by Crippen LogP contribution is -2.40. The van der Waals surface area contributed by atoms with E-state index in [2.05, 4.69) is 20.3 Å². The minimum Gasteiger partial charge on any atom is -0.356 e. The summed E-state index contributed by atoms with van der Waals surface area (Å²) in [5.74, 6) is 0.184. The number of aromatic nitrogens is 2. The highest BCUT2D eigenvalue weighted by molar-refractivity contribution is 5.80. The zero-order chi connectivity index (χ0) is 17.8. The second-order valence-corrected chi connectivity index (χ2v) is 6.30. The van der Waals surface area contributed by atoms with Crippen LogP contribution in [0.3, 0.4) is 0 Å². The molecule has 0 saturated carbocycles. The zero-order valence-corrected chi connectivity index (χ0v) is 14.5. The quantitative estimate of drug-likeness (QED) is 0.682. The van der Waals surface area contributed by atoms with Crippen molar-refractivity contribution in [2.75, 3.05) is 26.7 Å². The molecular weight excluding hydrogens is 324 g/mol. The number of guanidine groups is 1. The molecule has 0 amide bonds. The van der Waals surface area contributed by atoms with Gasteiger partial charge in [0.05, 0.1) is 6.20 Å². The molecule has 0 radical (unpaired) electrons. The largest absolute Gasteiger partial charge is 0.356 e. The van der Waals surface area contributed by atoms with Gasteiger partial charge in [0.2, 0.25) is 0 Å². The molecule has 1 atom stereocenters. The van der Waals surface area contributed by atoms with Gasteiger partial charge in [-0.3, -0.25) is 9.67 Å². The molecule has 1 aliphatic rings. The Bertz CT molecular complexity index is 735. The van der Waals surface area contributed by atoms with Gasteiger partial charge in [-0.2, -0.15) is 5.10 Å². The van der Waals surface area contributed by atoms with E-state index in [0.717, 1.165) is 25.5 Å². The maximum Gasteiger partial charge on any atom is 0.193 e. The molecule has 1 aliphatic heterocycles. The molecule has 2 heterocycles. The maximum absolute atomic E-state index is 13.7. The molecule has 3 rings (SSSR count). The topological polar surface area (TPSA) is 45.5 Å². The summed E-state index contributed by atoms with van der Waals surface area (Å²) >= 11 is 0. The van der Waals surface area contributed by atoms with Crippen LogP contribution in [-0.2, 0) is 13.5 Å². The van der Waals surface area contributed by atoms with Crippen molar-refractivity contribution in [3.05, 3.63) is 53.4 Å². The number of benzene rings is 1. The number of nitrogens with zero attached hydrogens (tertiary/aromatic N) is 4. The summed E-state index contributed by atoms with van der Waals surface area (Å²) in [5.41, 5.74) is 1.34. The minimum absolute atomic E-state index is 0.111. The van der Waals surface area contributed by atoms with Crippen LogP contribution in [0.25, 0.3) is 0 Å². The molecule has 1 fully saturated rings. The van der Waals surface area contributed by atoms with E-state index in [1.165, 1.54) is 23.8 Å². The van der Waals surface area contributed by atoms with Gasteiger partial charge in [-0.1, -0.05) is 6.07 Å². The first kappa shape index (κ1) is 17.4. The number of aryl methyl sites for hydroxylation is 1. The Morgan fingerprint density at radius 1 is 1.36 bits per heavy atom. The van der Waals surface area contributed by atoms with E-state index in [0.29, 0.717) is 12.5 Å². The lowest BCUT2D eigenvalue weighted by Gasteiger charge is -2.21. The van der Waals surface area contributed by atoms with E-state index in [4.69, 9.17) is 0 Å². The van der Waals surface area contributed by atoms with Gasteiger partial charge in [-0.05, 0) is 30.5 Å². The van der Waals surface area contributed by atoms with Crippen LogP contribution in [0, 0.1) is 11.6 Å². The Labute approximate surface area is 146 Å². The van der Waals surface area contributed by atoms with Crippen molar-refractivity contribution >= 4 is 5.96 Å². The summed E-state index contributed by atoms with van der Waals surface area (Å²) in [5, 5.41) is 7.45. The number of aliphatic imine (C=N–C) groups is 1. The monoisotopic (exact) mass is 347 g/mol. The van der Waals surface area contributed by atoms with E-state index in [1.54, 1.807) is 7.05 Å². The van der Waals surface area contributed by atoms with Crippen LogP contribution in [0.15, 0.2) is 35.6 Å². The number of likely N-dealkylation sites (tertiary alicyclic amines) is 1. The van der Waals surface area contributed by atoms with Crippen LogP contribution >= 0.6 is 0 Å². The van der Waals surface area contributed by atoms with Crippen molar-refractivity contribution in [2.45, 2.75) is 18.8 Å². The Morgan fingerprint density at radius 3 is 2.76 bits per heavy atom. The maximum atomic E-state index is 13.7. The normalized spacial score (nSPS) is 18.0. The third-order valence-electron chi connectivity index (χ3n) is 4.62. The molecule has 7 heteroatoms. The lowest BCUT2D eigenvalue weighted by molar-refractivity contribution is 0.484. The lowest BCUT2D eigenvalue weighted by atomic mass is 10.0. The van der Waals surface area contributed by atoms with E-state index in [9.17, 15) is 8.78 Å². The van der Waals surface area contributed by atoms with Crippen LogP contribution in [0.5, 0.6) is 0 Å². The van der Waals surface area contributed by atoms with Crippen molar-refractivity contribution in [2.24, 2.45) is 12.0 Å². The predicted octanol–water partition coefficient (Wildman–Crippen LogP) is 2.31. The van der Waals surface area contributed by atoms with E-state index < -0.39 is 11.6 Å². The molecule has 0 spiro atoms. The van der Waals surface area contributed by atoms with Crippen molar-refractivity contribution in [3.8, 4) is 0 Å².